The van der Waals surface area contributed by atoms with Gasteiger partial charge in [-0.15, -0.1) is 11.8 Å². The Morgan fingerprint density at radius 2 is 2.12 bits per heavy atom. The number of benzene rings is 1. The fraction of sp³-hybridized carbons (Fsp3) is 0.417. The third-order valence-corrected chi connectivity index (χ3v) is 7.17. The summed E-state index contributed by atoms with van der Waals surface area (Å²) >= 11 is 1.48. The highest BCUT2D eigenvalue weighted by molar-refractivity contribution is 8.00. The van der Waals surface area contributed by atoms with Crippen LogP contribution in [0.4, 0.5) is 5.69 Å². The average molecular weight is 469 g/mol. The number of anilines is 1. The minimum absolute atomic E-state index is 0.0523. The van der Waals surface area contributed by atoms with Crippen LogP contribution in [0.2, 0.25) is 0 Å². The average Bonchev–Trinajstić information content (AvgIpc) is 3.38. The summed E-state index contributed by atoms with van der Waals surface area (Å²) in [7, 11) is 0. The smallest absolute Gasteiger partial charge is 0.317 e. The molecule has 1 aromatic carbocycles. The van der Waals surface area contributed by atoms with Crippen molar-refractivity contribution < 1.29 is 19.4 Å². The quantitative estimate of drug-likeness (QED) is 0.614. The van der Waals surface area contributed by atoms with E-state index in [1.807, 2.05) is 55.3 Å². The van der Waals surface area contributed by atoms with Crippen molar-refractivity contribution in [2.45, 2.75) is 37.7 Å². The Hall–Kier alpha value is -2.91. The number of hydrogen-bond acceptors (Lipinski definition) is 7. The number of carbonyl (C=O) groups is 2. The predicted molar refractivity (Wildman–Crippen MR) is 129 cm³/mol. The standard InChI is InChI=1S/C24H28N4O4S/c1-15(2)32-20-7-5-17(12-25-20)22-19-10-18(6-4-16(19)11-26-22)27-23(31)24(33-3)8-9-28(14-24)13-21(29)30/h4-7,10,12,15H,8-9,11,13-14H2,1-3H3,(H,27,31)(H,29,30)/t24-/m0/s1. The summed E-state index contributed by atoms with van der Waals surface area (Å²) < 4.78 is 4.96. The summed E-state index contributed by atoms with van der Waals surface area (Å²) in [5.41, 5.74) is 4.51. The highest BCUT2D eigenvalue weighted by atomic mass is 32.2. The second kappa shape index (κ2) is 9.52. The highest BCUT2D eigenvalue weighted by Gasteiger charge is 2.44. The molecule has 0 saturated carbocycles. The summed E-state index contributed by atoms with van der Waals surface area (Å²) in [5, 5.41) is 12.1. The molecule has 0 radical (unpaired) electrons. The van der Waals surface area contributed by atoms with Crippen molar-refractivity contribution in [1.29, 1.82) is 0 Å². The summed E-state index contributed by atoms with van der Waals surface area (Å²) in [6, 6.07) is 9.62. The van der Waals surface area contributed by atoms with Gasteiger partial charge >= 0.3 is 5.97 Å². The molecule has 1 amide bonds. The van der Waals surface area contributed by atoms with Gasteiger partial charge in [-0.05, 0) is 50.3 Å². The minimum atomic E-state index is -0.879. The van der Waals surface area contributed by atoms with Crippen LogP contribution in [0.1, 0.15) is 37.0 Å². The van der Waals surface area contributed by atoms with Crippen molar-refractivity contribution in [1.82, 2.24) is 9.88 Å². The molecule has 2 aliphatic rings. The van der Waals surface area contributed by atoms with Gasteiger partial charge < -0.3 is 15.2 Å². The van der Waals surface area contributed by atoms with Gasteiger partial charge in [0.05, 0.1) is 24.9 Å². The Kier molecular flexibility index (Phi) is 6.71. The van der Waals surface area contributed by atoms with Crippen LogP contribution < -0.4 is 10.1 Å². The van der Waals surface area contributed by atoms with Gasteiger partial charge in [-0.25, -0.2) is 4.98 Å². The lowest BCUT2D eigenvalue weighted by Crippen LogP contribution is -2.43. The molecule has 1 fully saturated rings. The monoisotopic (exact) mass is 468 g/mol. The largest absolute Gasteiger partial charge is 0.480 e. The van der Waals surface area contributed by atoms with Gasteiger partial charge in [0.2, 0.25) is 11.8 Å². The zero-order chi connectivity index (χ0) is 23.6. The Balaban J connectivity index is 1.50. The first-order valence-corrected chi connectivity index (χ1v) is 12.1. The molecule has 0 spiro atoms. The molecule has 0 bridgehead atoms. The van der Waals surface area contributed by atoms with Crippen molar-refractivity contribution in [3.8, 4) is 5.88 Å². The number of carboxylic acid groups (broad SMARTS) is 1. The zero-order valence-corrected chi connectivity index (χ0v) is 19.8. The van der Waals surface area contributed by atoms with Crippen LogP contribution in [0.3, 0.4) is 0 Å². The molecule has 1 saturated heterocycles. The summed E-state index contributed by atoms with van der Waals surface area (Å²) in [6.07, 6.45) is 4.33. The van der Waals surface area contributed by atoms with Crippen molar-refractivity contribution in [3.63, 3.8) is 0 Å². The van der Waals surface area contributed by atoms with Gasteiger partial charge in [0.25, 0.3) is 0 Å². The Labute approximate surface area is 197 Å². The second-order valence-electron chi connectivity index (χ2n) is 8.60. The summed E-state index contributed by atoms with van der Waals surface area (Å²) in [6.45, 7) is 5.45. The van der Waals surface area contributed by atoms with Gasteiger partial charge in [-0.1, -0.05) is 6.07 Å². The molecule has 9 heteroatoms. The lowest BCUT2D eigenvalue weighted by atomic mass is 10.00. The van der Waals surface area contributed by atoms with E-state index in [0.29, 0.717) is 37.6 Å². The number of nitrogens with zero attached hydrogens (tertiary/aromatic N) is 3. The molecule has 4 rings (SSSR count). The van der Waals surface area contributed by atoms with Crippen LogP contribution in [-0.2, 0) is 16.1 Å². The van der Waals surface area contributed by atoms with E-state index in [1.54, 1.807) is 6.20 Å². The number of carboxylic acids is 1. The molecule has 2 N–H and O–H groups in total. The molecule has 2 aromatic rings. The highest BCUT2D eigenvalue weighted by Crippen LogP contribution is 2.35. The first-order valence-electron chi connectivity index (χ1n) is 10.9. The second-order valence-corrected chi connectivity index (χ2v) is 9.79. The van der Waals surface area contributed by atoms with Gasteiger partial charge in [0.15, 0.2) is 0 Å². The van der Waals surface area contributed by atoms with Crippen LogP contribution in [0.25, 0.3) is 0 Å². The van der Waals surface area contributed by atoms with Crippen molar-refractivity contribution in [3.05, 3.63) is 53.2 Å². The number of aliphatic imine (C=N–C) groups is 1. The maximum atomic E-state index is 13.2. The Morgan fingerprint density at radius 1 is 1.30 bits per heavy atom. The number of rotatable bonds is 8. The maximum Gasteiger partial charge on any atom is 0.317 e. The number of carbonyl (C=O) groups excluding carboxylic acids is 1. The number of amides is 1. The van der Waals surface area contributed by atoms with Crippen LogP contribution in [0, 0.1) is 0 Å². The van der Waals surface area contributed by atoms with Crippen LogP contribution in [0.15, 0.2) is 41.5 Å². The molecule has 33 heavy (non-hydrogen) atoms. The van der Waals surface area contributed by atoms with Crippen LogP contribution in [-0.4, -0.2) is 69.3 Å². The van der Waals surface area contributed by atoms with Crippen molar-refractivity contribution in [2.24, 2.45) is 4.99 Å². The molecule has 1 aromatic heterocycles. The van der Waals surface area contributed by atoms with Crippen LogP contribution in [0.5, 0.6) is 5.88 Å². The van der Waals surface area contributed by atoms with Gasteiger partial charge in [0.1, 0.15) is 4.75 Å². The minimum Gasteiger partial charge on any atom is -0.480 e. The van der Waals surface area contributed by atoms with Crippen LogP contribution >= 0.6 is 11.8 Å². The molecule has 1 atom stereocenters. The molecule has 0 unspecified atom stereocenters. The van der Waals surface area contributed by atoms with E-state index in [0.717, 1.165) is 22.4 Å². The summed E-state index contributed by atoms with van der Waals surface area (Å²) in [5.74, 6) is -0.406. The summed E-state index contributed by atoms with van der Waals surface area (Å²) in [4.78, 5) is 35.2. The van der Waals surface area contributed by atoms with E-state index in [2.05, 4.69) is 15.3 Å². The molecule has 0 aliphatic carbocycles. The molecular formula is C24H28N4O4S. The number of thioether (sulfide) groups is 1. The molecule has 174 valence electrons. The fourth-order valence-electron chi connectivity index (χ4n) is 4.21. The maximum absolute atomic E-state index is 13.2. The third-order valence-electron chi connectivity index (χ3n) is 5.87. The Bertz CT molecular complexity index is 1090. The van der Waals surface area contributed by atoms with Gasteiger partial charge in [-0.2, -0.15) is 0 Å². The first kappa shape index (κ1) is 23.3. The predicted octanol–water partition coefficient (Wildman–Crippen LogP) is 3.05. The number of likely N-dealkylation sites (tertiary alicyclic amines) is 1. The normalized spacial score (nSPS) is 19.9. The third kappa shape index (κ3) is 5.04. The van der Waals surface area contributed by atoms with Gasteiger partial charge in [0, 0.05) is 42.2 Å². The van der Waals surface area contributed by atoms with E-state index in [1.165, 1.54) is 11.8 Å². The number of aliphatic carboxylic acids is 1. The topological polar surface area (TPSA) is 104 Å². The molecule has 8 nitrogen and oxygen atoms in total. The lowest BCUT2D eigenvalue weighted by Gasteiger charge is -2.26. The first-order chi connectivity index (χ1) is 15.8. The van der Waals surface area contributed by atoms with E-state index in [4.69, 9.17) is 9.84 Å². The number of ether oxygens (including phenoxy) is 1. The van der Waals surface area contributed by atoms with E-state index >= 15 is 0 Å². The molecular weight excluding hydrogens is 440 g/mol. The number of nitrogens with one attached hydrogen (secondary N) is 1. The Morgan fingerprint density at radius 3 is 2.79 bits per heavy atom. The van der Waals surface area contributed by atoms with Crippen molar-refractivity contribution >= 4 is 35.0 Å². The lowest BCUT2D eigenvalue weighted by molar-refractivity contribution is -0.138. The molecule has 2 aliphatic heterocycles. The van der Waals surface area contributed by atoms with Crippen molar-refractivity contribution in [2.75, 3.05) is 31.2 Å². The molecule has 3 heterocycles. The fourth-order valence-corrected chi connectivity index (χ4v) is 5.06. The number of hydrogen-bond donors (Lipinski definition) is 2. The number of pyridine rings is 1. The van der Waals surface area contributed by atoms with E-state index in [-0.39, 0.29) is 18.6 Å². The number of fused-ring (bicyclic) bond motifs is 1. The number of aromatic nitrogens is 1. The zero-order valence-electron chi connectivity index (χ0n) is 19.0. The van der Waals surface area contributed by atoms with E-state index < -0.39 is 10.7 Å². The van der Waals surface area contributed by atoms with Gasteiger partial charge in [-0.3, -0.25) is 19.5 Å². The van der Waals surface area contributed by atoms with E-state index in [9.17, 15) is 9.59 Å². The SMILES string of the molecule is CS[C@@]1(C(=O)Nc2ccc3c(c2)C(c2ccc(OC(C)C)nc2)=NC3)CCN(CC(=O)O)C1.